The fraction of sp³-hybridized carbons (Fsp3) is 0.350. The molecule has 0 aliphatic carbocycles. The van der Waals surface area contributed by atoms with E-state index >= 15 is 0 Å². The van der Waals surface area contributed by atoms with Gasteiger partial charge in [-0.05, 0) is 51.5 Å². The number of anilines is 1. The molecule has 1 fully saturated rings. The molecule has 0 atom stereocenters. The van der Waals surface area contributed by atoms with Crippen LogP contribution in [0, 0.1) is 0 Å². The summed E-state index contributed by atoms with van der Waals surface area (Å²) in [6.07, 6.45) is -0.557. The monoisotopic (exact) mass is 387 g/mol. The fourth-order valence-corrected chi connectivity index (χ4v) is 2.86. The van der Waals surface area contributed by atoms with Crippen molar-refractivity contribution < 1.29 is 18.8 Å². The standard InChI is InChI=1S/C20H23BClNO4/c1-19(2)20(3,4)27-21(26-19)16-12-15(22)10-11-17(16)23-18(24)25-13-14-8-6-5-7-9-14/h5-12H,13H2,1-4H3,(H,23,24). The van der Waals surface area contributed by atoms with Gasteiger partial charge >= 0.3 is 13.2 Å². The first-order chi connectivity index (χ1) is 12.7. The van der Waals surface area contributed by atoms with Gasteiger partial charge in [0.05, 0.1) is 11.2 Å². The third-order valence-electron chi connectivity index (χ3n) is 4.97. The molecule has 2 aromatic rings. The van der Waals surface area contributed by atoms with Crippen LogP contribution in [0.15, 0.2) is 48.5 Å². The van der Waals surface area contributed by atoms with Crippen molar-refractivity contribution in [2.24, 2.45) is 0 Å². The Bertz CT molecular complexity index is 810. The van der Waals surface area contributed by atoms with E-state index in [4.69, 9.17) is 25.6 Å². The van der Waals surface area contributed by atoms with Gasteiger partial charge < -0.3 is 14.0 Å². The predicted octanol–water partition coefficient (Wildman–Crippen LogP) is 4.39. The molecule has 1 aliphatic heterocycles. The highest BCUT2D eigenvalue weighted by atomic mass is 35.5. The van der Waals surface area contributed by atoms with Gasteiger partial charge in [0, 0.05) is 16.2 Å². The molecule has 1 saturated heterocycles. The number of carbonyl (C=O) groups is 1. The molecule has 142 valence electrons. The van der Waals surface area contributed by atoms with Crippen molar-refractivity contribution in [2.75, 3.05) is 5.32 Å². The van der Waals surface area contributed by atoms with Crippen molar-refractivity contribution in [3.8, 4) is 0 Å². The Morgan fingerprint density at radius 1 is 1.07 bits per heavy atom. The van der Waals surface area contributed by atoms with Crippen LogP contribution in [-0.4, -0.2) is 24.4 Å². The fourth-order valence-electron chi connectivity index (χ4n) is 2.68. The zero-order valence-corrected chi connectivity index (χ0v) is 16.7. The second-order valence-electron chi connectivity index (χ2n) is 7.51. The molecule has 0 radical (unpaired) electrons. The van der Waals surface area contributed by atoms with Crippen LogP contribution in [0.4, 0.5) is 10.5 Å². The Balaban J connectivity index is 1.74. The Kier molecular flexibility index (Phi) is 5.51. The minimum absolute atomic E-state index is 0.187. The lowest BCUT2D eigenvalue weighted by Crippen LogP contribution is -2.41. The number of halogens is 1. The zero-order chi connectivity index (χ0) is 19.7. The lowest BCUT2D eigenvalue weighted by molar-refractivity contribution is 0.00578. The molecular weight excluding hydrogens is 364 g/mol. The van der Waals surface area contributed by atoms with Gasteiger partial charge in [0.25, 0.3) is 0 Å². The van der Waals surface area contributed by atoms with Crippen molar-refractivity contribution in [1.82, 2.24) is 0 Å². The summed E-state index contributed by atoms with van der Waals surface area (Å²) in [6, 6.07) is 14.6. The maximum atomic E-state index is 12.2. The summed E-state index contributed by atoms with van der Waals surface area (Å²) < 4.78 is 17.5. The Hall–Kier alpha value is -2.02. The van der Waals surface area contributed by atoms with Crippen LogP contribution in [0.3, 0.4) is 0 Å². The molecule has 3 rings (SSSR count). The quantitative estimate of drug-likeness (QED) is 0.791. The summed E-state index contributed by atoms with van der Waals surface area (Å²) in [5, 5.41) is 3.29. The van der Waals surface area contributed by atoms with E-state index < -0.39 is 24.4 Å². The number of ether oxygens (including phenoxy) is 1. The number of benzene rings is 2. The van der Waals surface area contributed by atoms with Crippen LogP contribution in [0.5, 0.6) is 0 Å². The molecular formula is C20H23BClNO4. The van der Waals surface area contributed by atoms with E-state index in [1.807, 2.05) is 58.0 Å². The van der Waals surface area contributed by atoms with Crippen LogP contribution in [0.2, 0.25) is 5.02 Å². The van der Waals surface area contributed by atoms with E-state index in [0.717, 1.165) is 5.56 Å². The Morgan fingerprint density at radius 3 is 2.33 bits per heavy atom. The number of amides is 1. The van der Waals surface area contributed by atoms with Crippen LogP contribution in [-0.2, 0) is 20.7 Å². The summed E-state index contributed by atoms with van der Waals surface area (Å²) in [5.41, 5.74) is 1.11. The second kappa shape index (κ2) is 7.54. The highest BCUT2D eigenvalue weighted by Crippen LogP contribution is 2.37. The van der Waals surface area contributed by atoms with Crippen LogP contribution in [0.25, 0.3) is 0 Å². The largest absolute Gasteiger partial charge is 0.497 e. The van der Waals surface area contributed by atoms with Crippen LogP contribution in [0.1, 0.15) is 33.3 Å². The molecule has 1 heterocycles. The maximum Gasteiger partial charge on any atom is 0.497 e. The van der Waals surface area contributed by atoms with E-state index in [0.29, 0.717) is 16.2 Å². The molecule has 2 aromatic carbocycles. The summed E-state index contributed by atoms with van der Waals surface area (Å²) >= 11 is 6.16. The first-order valence-electron chi connectivity index (χ1n) is 8.81. The highest BCUT2D eigenvalue weighted by Gasteiger charge is 2.52. The van der Waals surface area contributed by atoms with Gasteiger partial charge in [0.2, 0.25) is 0 Å². The van der Waals surface area contributed by atoms with Crippen molar-refractivity contribution in [2.45, 2.75) is 45.5 Å². The van der Waals surface area contributed by atoms with Crippen molar-refractivity contribution in [3.63, 3.8) is 0 Å². The molecule has 27 heavy (non-hydrogen) atoms. The van der Waals surface area contributed by atoms with Crippen molar-refractivity contribution in [1.29, 1.82) is 0 Å². The second-order valence-corrected chi connectivity index (χ2v) is 7.94. The maximum absolute atomic E-state index is 12.2. The van der Waals surface area contributed by atoms with Crippen LogP contribution < -0.4 is 10.8 Å². The number of hydrogen-bond acceptors (Lipinski definition) is 4. The van der Waals surface area contributed by atoms with Gasteiger partial charge in [-0.1, -0.05) is 41.9 Å². The normalized spacial score (nSPS) is 17.6. The molecule has 7 heteroatoms. The van der Waals surface area contributed by atoms with Gasteiger partial charge in [-0.2, -0.15) is 0 Å². The van der Waals surface area contributed by atoms with Gasteiger partial charge in [-0.15, -0.1) is 0 Å². The molecule has 5 nitrogen and oxygen atoms in total. The molecule has 0 saturated carbocycles. The van der Waals surface area contributed by atoms with Gasteiger partial charge in [0.1, 0.15) is 6.61 Å². The minimum Gasteiger partial charge on any atom is -0.444 e. The third kappa shape index (κ3) is 4.46. The molecule has 0 bridgehead atoms. The average molecular weight is 388 g/mol. The number of rotatable bonds is 4. The third-order valence-corrected chi connectivity index (χ3v) is 5.21. The number of hydrogen-bond donors (Lipinski definition) is 1. The van der Waals surface area contributed by atoms with E-state index in [9.17, 15) is 4.79 Å². The van der Waals surface area contributed by atoms with Crippen LogP contribution >= 0.6 is 11.6 Å². The zero-order valence-electron chi connectivity index (χ0n) is 15.9. The molecule has 0 aromatic heterocycles. The van der Waals surface area contributed by atoms with E-state index in [1.165, 1.54) is 0 Å². The lowest BCUT2D eigenvalue weighted by atomic mass is 9.78. The summed E-state index contributed by atoms with van der Waals surface area (Å²) in [7, 11) is -0.641. The summed E-state index contributed by atoms with van der Waals surface area (Å²) in [6.45, 7) is 8.07. The smallest absolute Gasteiger partial charge is 0.444 e. The van der Waals surface area contributed by atoms with E-state index in [-0.39, 0.29) is 6.61 Å². The number of carbonyl (C=O) groups excluding carboxylic acids is 1. The van der Waals surface area contributed by atoms with E-state index in [1.54, 1.807) is 18.2 Å². The SMILES string of the molecule is CC1(C)OB(c2cc(Cl)ccc2NC(=O)OCc2ccccc2)OC1(C)C. The first kappa shape index (κ1) is 19.7. The predicted molar refractivity (Wildman–Crippen MR) is 107 cm³/mol. The van der Waals surface area contributed by atoms with Gasteiger partial charge in [0.15, 0.2) is 0 Å². The molecule has 1 aliphatic rings. The van der Waals surface area contributed by atoms with Crippen molar-refractivity contribution >= 4 is 36.0 Å². The number of nitrogens with one attached hydrogen (secondary N) is 1. The minimum atomic E-state index is -0.641. The Labute approximate surface area is 165 Å². The Morgan fingerprint density at radius 2 is 1.70 bits per heavy atom. The summed E-state index contributed by atoms with van der Waals surface area (Å²) in [5.74, 6) is 0. The molecule has 1 N–H and O–H groups in total. The topological polar surface area (TPSA) is 56.8 Å². The van der Waals surface area contributed by atoms with Gasteiger partial charge in [-0.25, -0.2) is 4.79 Å². The van der Waals surface area contributed by atoms with Gasteiger partial charge in [-0.3, -0.25) is 5.32 Å². The highest BCUT2D eigenvalue weighted by molar-refractivity contribution is 6.64. The summed E-state index contributed by atoms with van der Waals surface area (Å²) in [4.78, 5) is 12.2. The average Bonchev–Trinajstić information content (AvgIpc) is 2.83. The molecule has 0 unspecified atom stereocenters. The van der Waals surface area contributed by atoms with Crippen molar-refractivity contribution in [3.05, 3.63) is 59.1 Å². The lowest BCUT2D eigenvalue weighted by Gasteiger charge is -2.32. The van der Waals surface area contributed by atoms with E-state index in [2.05, 4.69) is 5.32 Å². The molecule has 0 spiro atoms. The molecule has 1 amide bonds. The first-order valence-corrected chi connectivity index (χ1v) is 9.18.